The maximum atomic E-state index is 12.6. The molecule has 0 unspecified atom stereocenters. The Labute approximate surface area is 184 Å². The SMILES string of the molecule is Cc1cc(C)c(NC(=O)CN2CCc3nc(NC(=O)c4ccsc4)sc3C2)c(C)c1. The van der Waals surface area contributed by atoms with Crippen LogP contribution in [0.3, 0.4) is 0 Å². The Balaban J connectivity index is 1.37. The molecule has 0 fully saturated rings. The largest absolute Gasteiger partial charge is 0.324 e. The molecule has 0 bridgehead atoms. The summed E-state index contributed by atoms with van der Waals surface area (Å²) in [6.07, 6.45) is 0.774. The fourth-order valence-corrected chi connectivity index (χ4v) is 5.44. The number of aromatic nitrogens is 1. The van der Waals surface area contributed by atoms with E-state index < -0.39 is 0 Å². The molecule has 4 rings (SSSR count). The van der Waals surface area contributed by atoms with Crippen molar-refractivity contribution in [2.45, 2.75) is 33.7 Å². The lowest BCUT2D eigenvalue weighted by atomic mass is 10.1. The van der Waals surface area contributed by atoms with Gasteiger partial charge in [-0.1, -0.05) is 17.7 Å². The van der Waals surface area contributed by atoms with E-state index in [9.17, 15) is 9.59 Å². The van der Waals surface area contributed by atoms with Gasteiger partial charge in [0.25, 0.3) is 5.91 Å². The van der Waals surface area contributed by atoms with Gasteiger partial charge in [-0.2, -0.15) is 11.3 Å². The second-order valence-corrected chi connectivity index (χ2v) is 9.50. The van der Waals surface area contributed by atoms with E-state index in [2.05, 4.69) is 39.6 Å². The lowest BCUT2D eigenvalue weighted by Gasteiger charge is -2.25. The van der Waals surface area contributed by atoms with E-state index in [4.69, 9.17) is 0 Å². The number of nitrogens with one attached hydrogen (secondary N) is 2. The molecule has 1 aliphatic heterocycles. The van der Waals surface area contributed by atoms with Crippen LogP contribution in [0.2, 0.25) is 0 Å². The highest BCUT2D eigenvalue weighted by Gasteiger charge is 2.23. The standard InChI is InChI=1S/C22H24N4O2S2/c1-13-8-14(2)20(15(3)9-13)24-19(27)11-26-6-4-17-18(10-26)30-22(23-17)25-21(28)16-5-7-29-12-16/h5,7-9,12H,4,6,10-11H2,1-3H3,(H,24,27)(H,23,25,28). The minimum absolute atomic E-state index is 0.0102. The molecule has 1 aromatic carbocycles. The molecule has 30 heavy (non-hydrogen) atoms. The number of hydrogen-bond acceptors (Lipinski definition) is 6. The molecule has 0 radical (unpaired) electrons. The third-order valence-corrected chi connectivity index (χ3v) is 6.80. The van der Waals surface area contributed by atoms with Crippen LogP contribution in [0.5, 0.6) is 0 Å². The average molecular weight is 441 g/mol. The van der Waals surface area contributed by atoms with Gasteiger partial charge in [0.1, 0.15) is 0 Å². The minimum Gasteiger partial charge on any atom is -0.324 e. The fraction of sp³-hybridized carbons (Fsp3) is 0.318. The summed E-state index contributed by atoms with van der Waals surface area (Å²) in [5.74, 6) is -0.147. The number of carbonyl (C=O) groups is 2. The molecular formula is C22H24N4O2S2. The predicted molar refractivity (Wildman–Crippen MR) is 123 cm³/mol. The summed E-state index contributed by atoms with van der Waals surface area (Å²) < 4.78 is 0. The topological polar surface area (TPSA) is 74.3 Å². The van der Waals surface area contributed by atoms with E-state index in [1.807, 2.05) is 24.6 Å². The van der Waals surface area contributed by atoms with Gasteiger partial charge in [-0.15, -0.1) is 11.3 Å². The van der Waals surface area contributed by atoms with Crippen molar-refractivity contribution in [3.63, 3.8) is 0 Å². The molecule has 1 aliphatic rings. The van der Waals surface area contributed by atoms with Crippen molar-refractivity contribution in [3.8, 4) is 0 Å². The molecule has 0 aliphatic carbocycles. The molecule has 156 valence electrons. The highest BCUT2D eigenvalue weighted by molar-refractivity contribution is 7.16. The molecular weight excluding hydrogens is 416 g/mol. The van der Waals surface area contributed by atoms with Crippen LogP contribution in [0.15, 0.2) is 29.0 Å². The molecule has 2 aromatic heterocycles. The number of thiophene rings is 1. The van der Waals surface area contributed by atoms with Crippen LogP contribution in [0.25, 0.3) is 0 Å². The van der Waals surface area contributed by atoms with Gasteiger partial charge >= 0.3 is 0 Å². The summed E-state index contributed by atoms with van der Waals surface area (Å²) in [6, 6.07) is 5.96. The van der Waals surface area contributed by atoms with Gasteiger partial charge in [-0.3, -0.25) is 19.8 Å². The van der Waals surface area contributed by atoms with Crippen molar-refractivity contribution in [1.82, 2.24) is 9.88 Å². The number of anilines is 2. The van der Waals surface area contributed by atoms with Crippen LogP contribution in [0.4, 0.5) is 10.8 Å². The lowest BCUT2D eigenvalue weighted by molar-refractivity contribution is -0.117. The molecule has 3 aromatic rings. The van der Waals surface area contributed by atoms with Crippen LogP contribution < -0.4 is 10.6 Å². The molecule has 3 heterocycles. The lowest BCUT2D eigenvalue weighted by Crippen LogP contribution is -2.36. The van der Waals surface area contributed by atoms with E-state index >= 15 is 0 Å². The summed E-state index contributed by atoms with van der Waals surface area (Å²) in [4.78, 5) is 32.7. The predicted octanol–water partition coefficient (Wildman–Crippen LogP) is 4.38. The molecule has 2 amide bonds. The van der Waals surface area contributed by atoms with Crippen molar-refractivity contribution >= 4 is 45.3 Å². The van der Waals surface area contributed by atoms with E-state index in [0.717, 1.165) is 40.4 Å². The number of fused-ring (bicyclic) bond motifs is 1. The van der Waals surface area contributed by atoms with Gasteiger partial charge < -0.3 is 5.32 Å². The first-order valence-electron chi connectivity index (χ1n) is 9.81. The van der Waals surface area contributed by atoms with Crippen LogP contribution in [-0.4, -0.2) is 34.8 Å². The Bertz CT molecular complexity index is 1070. The molecule has 0 spiro atoms. The molecule has 6 nitrogen and oxygen atoms in total. The van der Waals surface area contributed by atoms with Gasteiger partial charge in [-0.25, -0.2) is 4.98 Å². The summed E-state index contributed by atoms with van der Waals surface area (Å²) >= 11 is 2.98. The van der Waals surface area contributed by atoms with Crippen molar-refractivity contribution in [1.29, 1.82) is 0 Å². The Hall–Kier alpha value is -2.55. The zero-order valence-electron chi connectivity index (χ0n) is 17.2. The number of thiazole rings is 1. The number of aryl methyl sites for hydroxylation is 3. The monoisotopic (exact) mass is 440 g/mol. The van der Waals surface area contributed by atoms with Crippen LogP contribution in [0.1, 0.15) is 37.6 Å². The average Bonchev–Trinajstić information content (AvgIpc) is 3.33. The molecule has 0 atom stereocenters. The summed E-state index contributed by atoms with van der Waals surface area (Å²) in [7, 11) is 0. The van der Waals surface area contributed by atoms with Crippen molar-refractivity contribution < 1.29 is 9.59 Å². The van der Waals surface area contributed by atoms with Crippen LogP contribution in [-0.2, 0) is 17.8 Å². The Morgan fingerprint density at radius 2 is 1.93 bits per heavy atom. The summed E-state index contributed by atoms with van der Waals surface area (Å²) in [5, 5.41) is 10.3. The van der Waals surface area contributed by atoms with Crippen LogP contribution >= 0.6 is 22.7 Å². The Morgan fingerprint density at radius 3 is 2.63 bits per heavy atom. The number of carbonyl (C=O) groups excluding carboxylic acids is 2. The third kappa shape index (κ3) is 4.61. The first kappa shape index (κ1) is 20.7. The molecule has 8 heteroatoms. The fourth-order valence-electron chi connectivity index (χ4n) is 3.76. The third-order valence-electron chi connectivity index (χ3n) is 5.12. The maximum absolute atomic E-state index is 12.6. The quantitative estimate of drug-likeness (QED) is 0.618. The first-order chi connectivity index (χ1) is 14.4. The van der Waals surface area contributed by atoms with Gasteiger partial charge in [0.05, 0.1) is 17.8 Å². The van der Waals surface area contributed by atoms with Crippen molar-refractivity contribution in [3.05, 3.63) is 61.8 Å². The molecule has 0 saturated carbocycles. The Kier molecular flexibility index (Phi) is 5.99. The van der Waals surface area contributed by atoms with Gasteiger partial charge in [0, 0.05) is 35.5 Å². The summed E-state index contributed by atoms with van der Waals surface area (Å²) in [5.41, 5.74) is 5.92. The zero-order valence-corrected chi connectivity index (χ0v) is 18.9. The van der Waals surface area contributed by atoms with Gasteiger partial charge in [-0.05, 0) is 43.3 Å². The van der Waals surface area contributed by atoms with E-state index in [1.54, 1.807) is 6.07 Å². The Morgan fingerprint density at radius 1 is 1.17 bits per heavy atom. The smallest absolute Gasteiger partial charge is 0.258 e. The summed E-state index contributed by atoms with van der Waals surface area (Å²) in [6.45, 7) is 7.87. The number of rotatable bonds is 5. The van der Waals surface area contributed by atoms with Gasteiger partial charge in [0.2, 0.25) is 5.91 Å². The number of hydrogen-bond donors (Lipinski definition) is 2. The molecule has 0 saturated heterocycles. The highest BCUT2D eigenvalue weighted by Crippen LogP contribution is 2.29. The van der Waals surface area contributed by atoms with Gasteiger partial charge in [0.15, 0.2) is 5.13 Å². The molecule has 2 N–H and O–H groups in total. The van der Waals surface area contributed by atoms with E-state index in [0.29, 0.717) is 23.8 Å². The zero-order chi connectivity index (χ0) is 21.3. The first-order valence-corrected chi connectivity index (χ1v) is 11.6. The second kappa shape index (κ2) is 8.67. The van der Waals surface area contributed by atoms with E-state index in [-0.39, 0.29) is 11.8 Å². The van der Waals surface area contributed by atoms with Crippen molar-refractivity contribution in [2.24, 2.45) is 0 Å². The maximum Gasteiger partial charge on any atom is 0.258 e. The normalized spacial score (nSPS) is 13.7. The number of nitrogens with zero attached hydrogens (tertiary/aromatic N) is 2. The second-order valence-electron chi connectivity index (χ2n) is 7.64. The number of amides is 2. The van der Waals surface area contributed by atoms with E-state index in [1.165, 1.54) is 28.2 Å². The minimum atomic E-state index is -0.137. The van der Waals surface area contributed by atoms with Crippen molar-refractivity contribution in [2.75, 3.05) is 23.7 Å². The number of benzene rings is 1. The highest BCUT2D eigenvalue weighted by atomic mass is 32.1. The van der Waals surface area contributed by atoms with Crippen LogP contribution in [0, 0.1) is 20.8 Å².